The van der Waals surface area contributed by atoms with E-state index in [1.54, 1.807) is 6.92 Å². The lowest BCUT2D eigenvalue weighted by Gasteiger charge is -2.25. The average Bonchev–Trinajstić information content (AvgIpc) is 3.21. The van der Waals surface area contributed by atoms with Gasteiger partial charge in [-0.2, -0.15) is 0 Å². The Hall–Kier alpha value is -0.640. The van der Waals surface area contributed by atoms with Gasteiger partial charge in [-0.25, -0.2) is 0 Å². The van der Waals surface area contributed by atoms with E-state index in [9.17, 15) is 10.2 Å². The van der Waals surface area contributed by atoms with Gasteiger partial charge >= 0.3 is 0 Å². The van der Waals surface area contributed by atoms with E-state index in [2.05, 4.69) is 6.92 Å². The zero-order chi connectivity index (χ0) is 42.7. The van der Waals surface area contributed by atoms with Gasteiger partial charge in [0.1, 0.15) is 0 Å². The lowest BCUT2D eigenvalue weighted by Crippen LogP contribution is -2.33. The fraction of sp³-hybridized carbons (Fsp3) is 1.00. The summed E-state index contributed by atoms with van der Waals surface area (Å²) in [6, 6.07) is 0. The largest absolute Gasteiger partial charge is 0.394 e. The van der Waals surface area contributed by atoms with Crippen molar-refractivity contribution in [3.63, 3.8) is 0 Å². The van der Waals surface area contributed by atoms with Crippen molar-refractivity contribution in [3.05, 3.63) is 0 Å². The van der Waals surface area contributed by atoms with Gasteiger partial charge in [0.2, 0.25) is 0 Å². The summed E-state index contributed by atoms with van der Waals surface area (Å²) < 4.78 is 74.0. The van der Waals surface area contributed by atoms with Crippen LogP contribution in [-0.4, -0.2) is 203 Å². The Morgan fingerprint density at radius 1 is 0.362 bits per heavy atom. The van der Waals surface area contributed by atoms with Crippen LogP contribution in [0, 0.1) is 0 Å². The number of hydrogen-bond acceptors (Lipinski definition) is 16. The van der Waals surface area contributed by atoms with Gasteiger partial charge in [0, 0.05) is 13.0 Å². The van der Waals surface area contributed by atoms with Gasteiger partial charge in [-0.05, 0) is 41.0 Å². The molecule has 350 valence electrons. The van der Waals surface area contributed by atoms with E-state index in [1.807, 2.05) is 27.7 Å². The summed E-state index contributed by atoms with van der Waals surface area (Å²) in [4.78, 5) is 0. The molecule has 7 unspecified atom stereocenters. The van der Waals surface area contributed by atoms with Crippen LogP contribution in [0.3, 0.4) is 0 Å². The second kappa shape index (κ2) is 44.4. The predicted molar refractivity (Wildman–Crippen MR) is 221 cm³/mol. The number of hydrogen-bond donors (Lipinski definition) is 3. The molecule has 0 aliphatic heterocycles. The van der Waals surface area contributed by atoms with Crippen LogP contribution in [0.25, 0.3) is 0 Å². The second-order valence-electron chi connectivity index (χ2n) is 14.5. The molecule has 0 saturated carbocycles. The van der Waals surface area contributed by atoms with Gasteiger partial charge in [0.15, 0.2) is 0 Å². The zero-order valence-electron chi connectivity index (χ0n) is 37.2. The average molecular weight is 847 g/mol. The van der Waals surface area contributed by atoms with Crippen LogP contribution in [0.5, 0.6) is 0 Å². The Morgan fingerprint density at radius 3 is 1.16 bits per heavy atom. The van der Waals surface area contributed by atoms with E-state index in [4.69, 9.17) is 66.7 Å². The van der Waals surface area contributed by atoms with Crippen molar-refractivity contribution in [2.45, 2.75) is 129 Å². The van der Waals surface area contributed by atoms with E-state index < -0.39 is 12.2 Å². The molecular weight excluding hydrogens is 760 g/mol. The normalized spacial score (nSPS) is 15.7. The lowest BCUT2D eigenvalue weighted by atomic mass is 10.1. The first-order chi connectivity index (χ1) is 28.2. The fourth-order valence-corrected chi connectivity index (χ4v) is 5.07. The molecule has 0 aliphatic carbocycles. The monoisotopic (exact) mass is 847 g/mol. The third-order valence-corrected chi connectivity index (χ3v) is 8.39. The van der Waals surface area contributed by atoms with Gasteiger partial charge in [0.05, 0.1) is 181 Å². The standard InChI is InChI=1S/C42H86O16/c1-7-8-9-10-11-12-14-53-42(35-52-27-26-51-25-24-50-23-22-49-21-20-48-19-18-47-17-16-46-15-13-43)28-41(29-44)58-34-40(6)57-33-39(5)56-32-38(4)55-31-37(3)54-30-36(2)45/h36-45H,7-35H2,1-6H3. The molecule has 0 aromatic heterocycles. The summed E-state index contributed by atoms with van der Waals surface area (Å²) in [5.74, 6) is 0. The maximum Gasteiger partial charge on any atom is 0.0834 e. The van der Waals surface area contributed by atoms with Crippen molar-refractivity contribution >= 4 is 0 Å². The first-order valence-electron chi connectivity index (χ1n) is 21.8. The van der Waals surface area contributed by atoms with Crippen molar-refractivity contribution in [1.29, 1.82) is 0 Å². The molecule has 16 heteroatoms. The maximum atomic E-state index is 10.1. The summed E-state index contributed by atoms with van der Waals surface area (Å²) in [5, 5.41) is 28.1. The number of aliphatic hydroxyl groups is 3. The highest BCUT2D eigenvalue weighted by atomic mass is 16.6. The Balaban J connectivity index is 4.23. The summed E-state index contributed by atoms with van der Waals surface area (Å²) in [5.41, 5.74) is 0. The van der Waals surface area contributed by atoms with Crippen LogP contribution in [0.15, 0.2) is 0 Å². The van der Waals surface area contributed by atoms with E-state index in [-0.39, 0.29) is 50.3 Å². The molecule has 3 N–H and O–H groups in total. The van der Waals surface area contributed by atoms with Crippen LogP contribution in [-0.2, 0) is 61.6 Å². The molecule has 0 saturated heterocycles. The Morgan fingerprint density at radius 2 is 0.741 bits per heavy atom. The molecule has 0 rings (SSSR count). The van der Waals surface area contributed by atoms with E-state index in [0.717, 1.165) is 12.8 Å². The molecule has 7 atom stereocenters. The highest BCUT2D eigenvalue weighted by Gasteiger charge is 2.20. The van der Waals surface area contributed by atoms with Crippen molar-refractivity contribution < 1.29 is 76.9 Å². The number of unbranched alkanes of at least 4 members (excludes halogenated alkanes) is 5. The molecule has 0 radical (unpaired) electrons. The quantitative estimate of drug-likeness (QED) is 0.0756. The van der Waals surface area contributed by atoms with Crippen molar-refractivity contribution in [2.24, 2.45) is 0 Å². The molecule has 0 heterocycles. The Bertz CT molecular complexity index is 800. The molecule has 58 heavy (non-hydrogen) atoms. The van der Waals surface area contributed by atoms with Crippen molar-refractivity contribution in [3.8, 4) is 0 Å². The van der Waals surface area contributed by atoms with Gasteiger partial charge in [-0.3, -0.25) is 0 Å². The maximum absolute atomic E-state index is 10.1. The first kappa shape index (κ1) is 57.4. The molecule has 0 aromatic carbocycles. The Kier molecular flexibility index (Phi) is 43.9. The van der Waals surface area contributed by atoms with Crippen molar-refractivity contribution in [2.75, 3.05) is 145 Å². The van der Waals surface area contributed by atoms with E-state index >= 15 is 0 Å². The molecule has 0 bridgehead atoms. The molecular formula is C42H86O16. The van der Waals surface area contributed by atoms with Gasteiger partial charge in [-0.15, -0.1) is 0 Å². The highest BCUT2D eigenvalue weighted by molar-refractivity contribution is 4.68. The smallest absolute Gasteiger partial charge is 0.0834 e. The molecule has 0 amide bonds. The van der Waals surface area contributed by atoms with Crippen molar-refractivity contribution in [1.82, 2.24) is 0 Å². The number of aliphatic hydroxyl groups excluding tert-OH is 3. The summed E-state index contributed by atoms with van der Waals surface area (Å²) >= 11 is 0. The molecule has 0 fully saturated rings. The number of ether oxygens (including phenoxy) is 13. The minimum Gasteiger partial charge on any atom is -0.394 e. The van der Waals surface area contributed by atoms with Crippen LogP contribution in [0.4, 0.5) is 0 Å². The van der Waals surface area contributed by atoms with Crippen LogP contribution in [0.2, 0.25) is 0 Å². The molecule has 0 aliphatic rings. The minimum atomic E-state index is -0.503. The second-order valence-corrected chi connectivity index (χ2v) is 14.5. The molecule has 0 spiro atoms. The zero-order valence-corrected chi connectivity index (χ0v) is 37.2. The fourth-order valence-electron chi connectivity index (χ4n) is 5.07. The SMILES string of the molecule is CCCCCCCCOC(COCCOCCOCCOCCOCCOCCOCCO)CC(CO)OCC(C)OCC(C)OCC(C)OCC(C)OCC(C)O. The van der Waals surface area contributed by atoms with Gasteiger partial charge in [-0.1, -0.05) is 39.0 Å². The summed E-state index contributed by atoms with van der Waals surface area (Å²) in [6.07, 6.45) is 5.87. The third-order valence-electron chi connectivity index (χ3n) is 8.39. The van der Waals surface area contributed by atoms with E-state index in [0.29, 0.717) is 132 Å². The minimum absolute atomic E-state index is 0.0151. The van der Waals surface area contributed by atoms with Crippen LogP contribution < -0.4 is 0 Å². The van der Waals surface area contributed by atoms with Crippen LogP contribution >= 0.6 is 0 Å². The summed E-state index contributed by atoms with van der Waals surface area (Å²) in [7, 11) is 0. The van der Waals surface area contributed by atoms with Gasteiger partial charge in [0.25, 0.3) is 0 Å². The van der Waals surface area contributed by atoms with Gasteiger partial charge < -0.3 is 76.9 Å². The third kappa shape index (κ3) is 42.1. The first-order valence-corrected chi connectivity index (χ1v) is 21.8. The predicted octanol–water partition coefficient (Wildman–Crippen LogP) is 3.61. The molecule has 16 nitrogen and oxygen atoms in total. The van der Waals surface area contributed by atoms with E-state index in [1.165, 1.54) is 25.7 Å². The van der Waals surface area contributed by atoms with Crippen LogP contribution in [0.1, 0.15) is 86.5 Å². The molecule has 0 aromatic rings. The lowest BCUT2D eigenvalue weighted by molar-refractivity contribution is -0.109. The summed E-state index contributed by atoms with van der Waals surface area (Å²) in [6.45, 7) is 20.3. The number of rotatable bonds is 48. The highest BCUT2D eigenvalue weighted by Crippen LogP contribution is 2.12. The topological polar surface area (TPSA) is 181 Å². The Labute approximate surface area is 351 Å².